The summed E-state index contributed by atoms with van der Waals surface area (Å²) in [7, 11) is 1.32. The van der Waals surface area contributed by atoms with Crippen LogP contribution in [0.1, 0.15) is 31.9 Å². The van der Waals surface area contributed by atoms with Crippen LogP contribution in [0.2, 0.25) is 0 Å². The molecule has 0 saturated heterocycles. The molecule has 3 aromatic carbocycles. The van der Waals surface area contributed by atoms with E-state index >= 15 is 0 Å². The lowest BCUT2D eigenvalue weighted by atomic mass is 10.0. The van der Waals surface area contributed by atoms with Crippen LogP contribution in [-0.4, -0.2) is 46.9 Å². The number of carbonyl (C=O) groups excluding carboxylic acids is 2. The van der Waals surface area contributed by atoms with Crippen molar-refractivity contribution in [2.75, 3.05) is 13.7 Å². The van der Waals surface area contributed by atoms with Crippen LogP contribution < -0.4 is 14.8 Å². The molecule has 1 N–H and O–H groups in total. The van der Waals surface area contributed by atoms with Gasteiger partial charge in [0, 0.05) is 30.6 Å². The van der Waals surface area contributed by atoms with Gasteiger partial charge in [-0.15, -0.1) is 0 Å². The van der Waals surface area contributed by atoms with Gasteiger partial charge in [-0.1, -0.05) is 60.7 Å². The second-order valence-electron chi connectivity index (χ2n) is 9.83. The average Bonchev–Trinajstić information content (AvgIpc) is 2.89. The Hall–Kier alpha value is -4.40. The molecule has 0 bridgehead atoms. The van der Waals surface area contributed by atoms with Gasteiger partial charge in [-0.3, -0.25) is 19.7 Å². The number of benzene rings is 3. The molecule has 0 heterocycles. The van der Waals surface area contributed by atoms with Crippen LogP contribution in [0.4, 0.5) is 5.69 Å². The first-order chi connectivity index (χ1) is 18.1. The molecule has 3 rings (SSSR count). The predicted molar refractivity (Wildman–Crippen MR) is 144 cm³/mol. The molecule has 0 unspecified atom stereocenters. The Kier molecular flexibility index (Phi) is 9.43. The van der Waals surface area contributed by atoms with Crippen molar-refractivity contribution in [3.63, 3.8) is 0 Å². The molecule has 2 amide bonds. The van der Waals surface area contributed by atoms with Gasteiger partial charge in [0.2, 0.25) is 11.7 Å². The van der Waals surface area contributed by atoms with Gasteiger partial charge in [0.1, 0.15) is 11.8 Å². The molecule has 9 nitrogen and oxygen atoms in total. The Morgan fingerprint density at radius 2 is 1.58 bits per heavy atom. The van der Waals surface area contributed by atoms with Crippen molar-refractivity contribution in [1.29, 1.82) is 0 Å². The van der Waals surface area contributed by atoms with Crippen LogP contribution in [-0.2, 0) is 22.6 Å². The molecular formula is C29H33N3O6. The zero-order chi connectivity index (χ0) is 27.7. The summed E-state index contributed by atoms with van der Waals surface area (Å²) in [4.78, 5) is 39.3. The van der Waals surface area contributed by atoms with E-state index in [0.717, 1.165) is 11.1 Å². The quantitative estimate of drug-likeness (QED) is 0.294. The minimum absolute atomic E-state index is 0.0209. The summed E-state index contributed by atoms with van der Waals surface area (Å²) >= 11 is 0. The lowest BCUT2D eigenvalue weighted by Crippen LogP contribution is -2.55. The molecular weight excluding hydrogens is 486 g/mol. The van der Waals surface area contributed by atoms with Gasteiger partial charge in [0.05, 0.1) is 12.0 Å². The van der Waals surface area contributed by atoms with E-state index in [9.17, 15) is 19.7 Å². The third-order valence-corrected chi connectivity index (χ3v) is 5.68. The van der Waals surface area contributed by atoms with E-state index < -0.39 is 22.4 Å². The summed E-state index contributed by atoms with van der Waals surface area (Å²) in [6.45, 7) is 5.49. The standard InChI is InChI=1S/C29H33N3O6/c1-29(2,3)30-28(34)25(17-21-11-7-5-8-12-21)31(19-22-13-9-6-10-14-22)27(33)20-38-23-15-16-24(32(35)36)26(18-23)37-4/h5-16,18,25H,17,19-20H2,1-4H3,(H,30,34)/t25-/m1/s1. The molecule has 38 heavy (non-hydrogen) atoms. The molecule has 9 heteroatoms. The molecule has 0 radical (unpaired) electrons. The summed E-state index contributed by atoms with van der Waals surface area (Å²) in [5.74, 6) is -0.425. The van der Waals surface area contributed by atoms with Gasteiger partial charge >= 0.3 is 5.69 Å². The number of nitro groups is 1. The normalized spacial score (nSPS) is 11.8. The summed E-state index contributed by atoms with van der Waals surface area (Å²) in [5.41, 5.74) is 1.06. The van der Waals surface area contributed by atoms with Gasteiger partial charge in [0.25, 0.3) is 5.91 Å². The minimum Gasteiger partial charge on any atom is -0.490 e. The zero-order valence-electron chi connectivity index (χ0n) is 22.0. The number of rotatable bonds is 11. The van der Waals surface area contributed by atoms with Crippen LogP contribution in [0, 0.1) is 10.1 Å². The molecule has 0 aliphatic carbocycles. The largest absolute Gasteiger partial charge is 0.490 e. The van der Waals surface area contributed by atoms with E-state index in [1.54, 1.807) is 0 Å². The highest BCUT2D eigenvalue weighted by Gasteiger charge is 2.32. The highest BCUT2D eigenvalue weighted by atomic mass is 16.6. The van der Waals surface area contributed by atoms with Crippen LogP contribution >= 0.6 is 0 Å². The Morgan fingerprint density at radius 1 is 0.974 bits per heavy atom. The molecule has 3 aromatic rings. The van der Waals surface area contributed by atoms with Gasteiger partial charge in [-0.25, -0.2) is 0 Å². The highest BCUT2D eigenvalue weighted by Crippen LogP contribution is 2.30. The fraction of sp³-hybridized carbons (Fsp3) is 0.310. The maximum absolute atomic E-state index is 13.6. The SMILES string of the molecule is COc1cc(OCC(=O)N(Cc2ccccc2)[C@H](Cc2ccccc2)C(=O)NC(C)(C)C)ccc1[N+](=O)[O-]. The lowest BCUT2D eigenvalue weighted by molar-refractivity contribution is -0.385. The third-order valence-electron chi connectivity index (χ3n) is 5.68. The number of hydrogen-bond acceptors (Lipinski definition) is 6. The van der Waals surface area contributed by atoms with E-state index in [2.05, 4.69) is 5.32 Å². The molecule has 0 aromatic heterocycles. The molecule has 1 atom stereocenters. The number of amides is 2. The molecule has 0 fully saturated rings. The van der Waals surface area contributed by atoms with Crippen LogP contribution in [0.3, 0.4) is 0 Å². The van der Waals surface area contributed by atoms with Crippen LogP contribution in [0.15, 0.2) is 78.9 Å². The number of hydrogen-bond donors (Lipinski definition) is 1. The first kappa shape index (κ1) is 28.2. The summed E-state index contributed by atoms with van der Waals surface area (Å²) in [5, 5.41) is 14.2. The highest BCUT2D eigenvalue weighted by molar-refractivity contribution is 5.89. The maximum Gasteiger partial charge on any atom is 0.311 e. The van der Waals surface area contributed by atoms with Gasteiger partial charge in [0.15, 0.2) is 6.61 Å². The number of nitrogens with zero attached hydrogens (tertiary/aromatic N) is 2. The van der Waals surface area contributed by atoms with E-state index in [4.69, 9.17) is 9.47 Å². The predicted octanol–water partition coefficient (Wildman–Crippen LogP) is 4.54. The second kappa shape index (κ2) is 12.7. The first-order valence-electron chi connectivity index (χ1n) is 12.2. The smallest absolute Gasteiger partial charge is 0.311 e. The maximum atomic E-state index is 13.6. The van der Waals surface area contributed by atoms with Crippen molar-refractivity contribution < 1.29 is 24.0 Å². The average molecular weight is 520 g/mol. The van der Waals surface area contributed by atoms with Gasteiger partial charge in [-0.2, -0.15) is 0 Å². The van der Waals surface area contributed by atoms with Crippen molar-refractivity contribution in [3.05, 3.63) is 100 Å². The monoisotopic (exact) mass is 519 g/mol. The molecule has 0 spiro atoms. The molecule has 200 valence electrons. The minimum atomic E-state index is -0.806. The number of carbonyl (C=O) groups is 2. The Labute approximate surface area is 222 Å². The number of methoxy groups -OCH3 is 1. The van der Waals surface area contributed by atoms with E-state index in [1.165, 1.54) is 30.2 Å². The Balaban J connectivity index is 1.91. The lowest BCUT2D eigenvalue weighted by Gasteiger charge is -2.33. The topological polar surface area (TPSA) is 111 Å². The number of nitrogens with one attached hydrogen (secondary N) is 1. The van der Waals surface area contributed by atoms with Crippen molar-refractivity contribution in [3.8, 4) is 11.5 Å². The summed E-state index contributed by atoms with van der Waals surface area (Å²) < 4.78 is 10.8. The van der Waals surface area contributed by atoms with Crippen molar-refractivity contribution in [2.45, 2.75) is 45.3 Å². The number of ether oxygens (including phenoxy) is 2. The summed E-state index contributed by atoms with van der Waals surface area (Å²) in [6.07, 6.45) is 0.312. The van der Waals surface area contributed by atoms with Crippen LogP contribution in [0.25, 0.3) is 0 Å². The first-order valence-corrected chi connectivity index (χ1v) is 12.2. The van der Waals surface area contributed by atoms with Crippen molar-refractivity contribution >= 4 is 17.5 Å². The molecule has 0 aliphatic heterocycles. The Morgan fingerprint density at radius 3 is 2.13 bits per heavy atom. The third kappa shape index (κ3) is 8.06. The zero-order valence-corrected chi connectivity index (χ0v) is 22.0. The van der Waals surface area contributed by atoms with Crippen molar-refractivity contribution in [2.24, 2.45) is 0 Å². The van der Waals surface area contributed by atoms with Crippen LogP contribution in [0.5, 0.6) is 11.5 Å². The van der Waals surface area contributed by atoms with Gasteiger partial charge in [-0.05, 0) is 38.0 Å². The van der Waals surface area contributed by atoms with E-state index in [-0.39, 0.29) is 36.2 Å². The molecule has 0 aliphatic rings. The number of nitro benzene ring substituents is 1. The fourth-order valence-electron chi connectivity index (χ4n) is 3.91. The fourth-order valence-corrected chi connectivity index (χ4v) is 3.91. The molecule has 0 saturated carbocycles. The Bertz CT molecular complexity index is 1240. The van der Waals surface area contributed by atoms with E-state index in [0.29, 0.717) is 6.42 Å². The van der Waals surface area contributed by atoms with Crippen molar-refractivity contribution in [1.82, 2.24) is 10.2 Å². The van der Waals surface area contributed by atoms with E-state index in [1.807, 2.05) is 81.4 Å². The second-order valence-corrected chi connectivity index (χ2v) is 9.83. The van der Waals surface area contributed by atoms with Gasteiger partial charge < -0.3 is 19.7 Å². The summed E-state index contributed by atoms with van der Waals surface area (Å²) in [6, 6.07) is 22.2.